The zero-order chi connectivity index (χ0) is 32.0. The Morgan fingerprint density at radius 2 is 1.72 bits per heavy atom. The van der Waals surface area contributed by atoms with Crippen LogP contribution in [0.4, 0.5) is 9.59 Å². The van der Waals surface area contributed by atoms with Gasteiger partial charge in [0, 0.05) is 26.1 Å². The fourth-order valence-corrected chi connectivity index (χ4v) is 6.13. The molecule has 2 fully saturated rings. The zero-order valence-corrected chi connectivity index (χ0v) is 27.6. The predicted octanol–water partition coefficient (Wildman–Crippen LogP) is 4.43. The number of epoxide rings is 1. The van der Waals surface area contributed by atoms with Crippen LogP contribution in [0.2, 0.25) is 0 Å². The Balaban J connectivity index is 1.81. The number of nitrogens with two attached hydrogens (primary N) is 1. The third kappa shape index (κ3) is 12.3. The molecule has 2 aliphatic rings. The van der Waals surface area contributed by atoms with E-state index in [0.717, 1.165) is 44.9 Å². The van der Waals surface area contributed by atoms with Crippen LogP contribution in [0, 0.1) is 17.3 Å². The van der Waals surface area contributed by atoms with E-state index >= 15 is 0 Å². The van der Waals surface area contributed by atoms with E-state index in [1.807, 2.05) is 13.8 Å². The number of allylic oxidation sites excluding steroid dienone is 2. The molecule has 1 aliphatic carbocycles. The van der Waals surface area contributed by atoms with Gasteiger partial charge >= 0.3 is 12.2 Å². The van der Waals surface area contributed by atoms with Crippen LogP contribution in [-0.4, -0.2) is 81.9 Å². The van der Waals surface area contributed by atoms with Crippen LogP contribution in [0.25, 0.3) is 0 Å². The number of methoxy groups -OCH3 is 1. The summed E-state index contributed by atoms with van der Waals surface area (Å²) in [5.74, 6) is -0.0396. The fraction of sp³-hybridized carbons (Fsp3) is 0.844. The second-order valence-electron chi connectivity index (χ2n) is 13.3. The molecule has 2 rings (SSSR count). The van der Waals surface area contributed by atoms with Crippen molar-refractivity contribution in [1.29, 1.82) is 0 Å². The minimum Gasteiger partial charge on any atom is -0.447 e. The molecule has 0 aromatic heterocycles. The van der Waals surface area contributed by atoms with Crippen LogP contribution >= 0.6 is 0 Å². The van der Waals surface area contributed by atoms with Gasteiger partial charge in [-0.2, -0.15) is 0 Å². The van der Waals surface area contributed by atoms with Crippen LogP contribution in [0.3, 0.4) is 0 Å². The summed E-state index contributed by atoms with van der Waals surface area (Å²) in [5, 5.41) is 8.40. The number of amides is 3. The van der Waals surface area contributed by atoms with Crippen molar-refractivity contribution in [3.05, 3.63) is 11.6 Å². The molecule has 1 heterocycles. The summed E-state index contributed by atoms with van der Waals surface area (Å²) in [5.41, 5.74) is 6.27. The van der Waals surface area contributed by atoms with E-state index in [-0.39, 0.29) is 48.0 Å². The quantitative estimate of drug-likeness (QED) is 0.101. The molecule has 1 saturated heterocycles. The summed E-state index contributed by atoms with van der Waals surface area (Å²) in [6.07, 6.45) is 7.50. The van der Waals surface area contributed by atoms with Crippen molar-refractivity contribution >= 4 is 18.1 Å². The summed E-state index contributed by atoms with van der Waals surface area (Å²) in [7, 11) is 1.69. The molecule has 0 aromatic carbocycles. The third-order valence-electron chi connectivity index (χ3n) is 8.73. The predicted molar refractivity (Wildman–Crippen MR) is 167 cm³/mol. The Hall–Kier alpha value is -2.37. The molecule has 3 unspecified atom stereocenters. The first-order chi connectivity index (χ1) is 20.3. The van der Waals surface area contributed by atoms with Gasteiger partial charge in [0.15, 0.2) is 0 Å². The van der Waals surface area contributed by atoms with Crippen LogP contribution in [0.1, 0.15) is 92.9 Å². The van der Waals surface area contributed by atoms with E-state index in [1.54, 1.807) is 7.11 Å². The molecule has 0 radical (unpaired) electrons. The summed E-state index contributed by atoms with van der Waals surface area (Å²) < 4.78 is 23.5. The van der Waals surface area contributed by atoms with Crippen LogP contribution in [0.15, 0.2) is 11.6 Å². The molecule has 43 heavy (non-hydrogen) atoms. The van der Waals surface area contributed by atoms with E-state index in [4.69, 9.17) is 24.7 Å². The van der Waals surface area contributed by atoms with Crippen LogP contribution < -0.4 is 21.7 Å². The number of unbranched alkanes of at least 4 members (excludes halogenated alkanes) is 3. The number of rotatable bonds is 18. The molecule has 0 aromatic rings. The highest BCUT2D eigenvalue weighted by Crippen LogP contribution is 2.55. The zero-order valence-electron chi connectivity index (χ0n) is 27.6. The Morgan fingerprint density at radius 1 is 1.07 bits per heavy atom. The second-order valence-corrected chi connectivity index (χ2v) is 13.3. The summed E-state index contributed by atoms with van der Waals surface area (Å²) in [6, 6.07) is -0.402. The Labute approximate surface area is 258 Å². The minimum atomic E-state index is -0.536. The molecule has 11 heteroatoms. The number of carbonyl (C=O) groups is 3. The van der Waals surface area contributed by atoms with E-state index in [9.17, 15) is 14.4 Å². The van der Waals surface area contributed by atoms with Gasteiger partial charge in [0.2, 0.25) is 5.91 Å². The maximum absolute atomic E-state index is 13.1. The second kappa shape index (κ2) is 17.8. The van der Waals surface area contributed by atoms with Crippen molar-refractivity contribution in [2.75, 3.05) is 40.0 Å². The Kier molecular flexibility index (Phi) is 15.2. The third-order valence-corrected chi connectivity index (χ3v) is 8.73. The summed E-state index contributed by atoms with van der Waals surface area (Å²) >= 11 is 0. The van der Waals surface area contributed by atoms with Crippen molar-refractivity contribution in [1.82, 2.24) is 16.0 Å². The topological polar surface area (TPSA) is 154 Å². The standard InChI is InChI=1S/C32H58N4O7/c1-22(2)13-12-15-31(5,6)28-27(40-7)25(14-16-32(28)21-42-32)43-30(39)36-24(23(3)4)20-41-29(38)35-18-11-9-8-10-17-34-26(37)19-33/h13,23-25,27-28H,8-12,14-21,33H2,1-7H3,(H,34,37)(H,35,38)(H,36,39)/t24-,25?,27?,28?,32-/m0/s1. The molecular weight excluding hydrogens is 552 g/mol. The van der Waals surface area contributed by atoms with Gasteiger partial charge in [-0.15, -0.1) is 0 Å². The monoisotopic (exact) mass is 610 g/mol. The first kappa shape index (κ1) is 36.8. The van der Waals surface area contributed by atoms with Gasteiger partial charge in [-0.3, -0.25) is 4.79 Å². The Bertz CT molecular complexity index is 915. The number of hydrogen-bond donors (Lipinski definition) is 4. The molecule has 5 atom stereocenters. The van der Waals surface area contributed by atoms with Gasteiger partial charge < -0.3 is 40.6 Å². The minimum absolute atomic E-state index is 0.00187. The molecule has 0 bridgehead atoms. The van der Waals surface area contributed by atoms with Crippen molar-refractivity contribution in [2.24, 2.45) is 23.0 Å². The lowest BCUT2D eigenvalue weighted by Crippen LogP contribution is -2.56. The lowest BCUT2D eigenvalue weighted by molar-refractivity contribution is -0.133. The first-order valence-corrected chi connectivity index (χ1v) is 16.0. The van der Waals surface area contributed by atoms with Gasteiger partial charge in [-0.1, -0.05) is 52.2 Å². The Morgan fingerprint density at radius 3 is 2.28 bits per heavy atom. The number of alkyl carbamates (subject to hydrolysis) is 2. The summed E-state index contributed by atoms with van der Waals surface area (Å²) in [4.78, 5) is 36.4. The SMILES string of the molecule is COC1C(OC(=O)N[C@@H](COC(=O)NCCCCCCNC(=O)CN)C(C)C)CC[C@]2(CO2)C1C(C)(C)CCC=C(C)C. The van der Waals surface area contributed by atoms with Gasteiger partial charge in [-0.25, -0.2) is 9.59 Å². The highest BCUT2D eigenvalue weighted by atomic mass is 16.6. The number of hydrogen-bond acceptors (Lipinski definition) is 8. The molecule has 5 N–H and O–H groups in total. The van der Waals surface area contributed by atoms with Crippen molar-refractivity contribution in [2.45, 2.75) is 117 Å². The highest BCUT2D eigenvalue weighted by Gasteiger charge is 2.63. The maximum atomic E-state index is 13.1. The van der Waals surface area contributed by atoms with E-state index in [2.05, 4.69) is 49.7 Å². The van der Waals surface area contributed by atoms with Crippen LogP contribution in [-0.2, 0) is 23.7 Å². The number of ether oxygens (including phenoxy) is 4. The van der Waals surface area contributed by atoms with Gasteiger partial charge in [0.05, 0.1) is 24.8 Å². The molecule has 1 saturated carbocycles. The average Bonchev–Trinajstić information content (AvgIpc) is 3.71. The molecule has 3 amide bonds. The average molecular weight is 611 g/mol. The molecule has 1 spiro atoms. The van der Waals surface area contributed by atoms with Gasteiger partial charge in [-0.05, 0) is 63.7 Å². The molecule has 11 nitrogen and oxygen atoms in total. The van der Waals surface area contributed by atoms with Crippen molar-refractivity contribution < 1.29 is 33.3 Å². The van der Waals surface area contributed by atoms with E-state index in [1.165, 1.54) is 5.57 Å². The summed E-state index contributed by atoms with van der Waals surface area (Å²) in [6.45, 7) is 14.5. The van der Waals surface area contributed by atoms with Gasteiger partial charge in [0.25, 0.3) is 0 Å². The van der Waals surface area contributed by atoms with Crippen LogP contribution in [0.5, 0.6) is 0 Å². The largest absolute Gasteiger partial charge is 0.447 e. The molecule has 1 aliphatic heterocycles. The smallest absolute Gasteiger partial charge is 0.407 e. The van der Waals surface area contributed by atoms with E-state index in [0.29, 0.717) is 26.1 Å². The maximum Gasteiger partial charge on any atom is 0.407 e. The molecule has 248 valence electrons. The first-order valence-electron chi connectivity index (χ1n) is 16.0. The lowest BCUT2D eigenvalue weighted by Gasteiger charge is -2.48. The molecular formula is C32H58N4O7. The number of nitrogens with one attached hydrogen (secondary N) is 3. The van der Waals surface area contributed by atoms with Crippen molar-refractivity contribution in [3.8, 4) is 0 Å². The fourth-order valence-electron chi connectivity index (χ4n) is 6.13. The number of carbonyl (C=O) groups excluding carboxylic acids is 3. The van der Waals surface area contributed by atoms with E-state index < -0.39 is 24.3 Å². The lowest BCUT2D eigenvalue weighted by atomic mass is 9.61. The highest BCUT2D eigenvalue weighted by molar-refractivity contribution is 5.77. The van der Waals surface area contributed by atoms with Gasteiger partial charge in [0.1, 0.15) is 18.8 Å². The normalized spacial score (nSPS) is 23.8. The van der Waals surface area contributed by atoms with Crippen molar-refractivity contribution in [3.63, 3.8) is 0 Å².